The van der Waals surface area contributed by atoms with Crippen LogP contribution in [0.3, 0.4) is 0 Å². The highest BCUT2D eigenvalue weighted by Crippen LogP contribution is 2.20. The van der Waals surface area contributed by atoms with Crippen LogP contribution in [0.4, 0.5) is 0 Å². The molecule has 19 heavy (non-hydrogen) atoms. The second-order valence-corrected chi connectivity index (χ2v) is 4.14. The summed E-state index contributed by atoms with van der Waals surface area (Å²) < 4.78 is 5.54. The monoisotopic (exact) mass is 258 g/mol. The fourth-order valence-corrected chi connectivity index (χ4v) is 1.61. The van der Waals surface area contributed by atoms with E-state index in [1.54, 1.807) is 12.1 Å². The second-order valence-electron chi connectivity index (χ2n) is 4.14. The van der Waals surface area contributed by atoms with Crippen LogP contribution in [0.5, 0.6) is 5.75 Å². The summed E-state index contributed by atoms with van der Waals surface area (Å²) in [6, 6.07) is 15.7. The summed E-state index contributed by atoms with van der Waals surface area (Å²) in [7, 11) is 0. The second kappa shape index (κ2) is 5.65. The van der Waals surface area contributed by atoms with E-state index >= 15 is 0 Å². The number of benzene rings is 2. The standard InChI is InChI=1S/C15H14O4/c16-11-15(17,18)13-6-8-14(9-7-13)19-10-12-4-2-1-3-5-12/h1-9,11,17-18H,10H2. The molecule has 2 aromatic rings. The molecule has 0 bridgehead atoms. The fourth-order valence-electron chi connectivity index (χ4n) is 1.61. The molecular formula is C15H14O4. The van der Waals surface area contributed by atoms with Gasteiger partial charge in [-0.15, -0.1) is 0 Å². The molecule has 2 rings (SSSR count). The number of hydrogen-bond donors (Lipinski definition) is 2. The van der Waals surface area contributed by atoms with Crippen molar-refractivity contribution >= 4 is 6.29 Å². The molecule has 0 spiro atoms. The third-order valence-electron chi connectivity index (χ3n) is 2.69. The Kier molecular flexibility index (Phi) is 3.94. The predicted octanol–water partition coefficient (Wildman–Crippen LogP) is 1.60. The van der Waals surface area contributed by atoms with Crippen LogP contribution in [0.25, 0.3) is 0 Å². The predicted molar refractivity (Wildman–Crippen MR) is 69.4 cm³/mol. The van der Waals surface area contributed by atoms with Crippen LogP contribution in [0.15, 0.2) is 54.6 Å². The average Bonchev–Trinajstić information content (AvgIpc) is 2.47. The minimum Gasteiger partial charge on any atom is -0.489 e. The first-order valence-corrected chi connectivity index (χ1v) is 5.80. The number of carbonyl (C=O) groups excluding carboxylic acids is 1. The Morgan fingerprint density at radius 2 is 1.63 bits per heavy atom. The summed E-state index contributed by atoms with van der Waals surface area (Å²) in [6.07, 6.45) is 0.0762. The molecule has 0 atom stereocenters. The van der Waals surface area contributed by atoms with Crippen LogP contribution in [0.2, 0.25) is 0 Å². The van der Waals surface area contributed by atoms with E-state index in [2.05, 4.69) is 0 Å². The first-order chi connectivity index (χ1) is 9.12. The van der Waals surface area contributed by atoms with Gasteiger partial charge in [0.25, 0.3) is 0 Å². The maximum Gasteiger partial charge on any atom is 0.248 e. The van der Waals surface area contributed by atoms with Crippen molar-refractivity contribution in [3.63, 3.8) is 0 Å². The molecule has 0 saturated heterocycles. The molecule has 2 N–H and O–H groups in total. The molecule has 4 nitrogen and oxygen atoms in total. The van der Waals surface area contributed by atoms with Gasteiger partial charge >= 0.3 is 0 Å². The molecule has 0 saturated carbocycles. The molecular weight excluding hydrogens is 244 g/mol. The van der Waals surface area contributed by atoms with Gasteiger partial charge in [0.2, 0.25) is 5.79 Å². The Labute approximate surface area is 110 Å². The van der Waals surface area contributed by atoms with Crippen molar-refractivity contribution in [3.8, 4) is 5.75 Å². The summed E-state index contributed by atoms with van der Waals surface area (Å²) >= 11 is 0. The zero-order chi connectivity index (χ0) is 13.7. The summed E-state index contributed by atoms with van der Waals surface area (Å²) in [6.45, 7) is 0.428. The maximum atomic E-state index is 10.5. The third kappa shape index (κ3) is 3.40. The lowest BCUT2D eigenvalue weighted by Crippen LogP contribution is -2.26. The molecule has 0 amide bonds. The summed E-state index contributed by atoms with van der Waals surface area (Å²) in [5, 5.41) is 18.7. The van der Waals surface area contributed by atoms with Crippen molar-refractivity contribution < 1.29 is 19.7 Å². The highest BCUT2D eigenvalue weighted by atomic mass is 16.5. The smallest absolute Gasteiger partial charge is 0.248 e. The van der Waals surface area contributed by atoms with Crippen molar-refractivity contribution in [2.45, 2.75) is 12.4 Å². The third-order valence-corrected chi connectivity index (χ3v) is 2.69. The highest BCUT2D eigenvalue weighted by Gasteiger charge is 2.24. The van der Waals surface area contributed by atoms with Gasteiger partial charge in [-0.25, -0.2) is 0 Å². The SMILES string of the molecule is O=CC(O)(O)c1ccc(OCc2ccccc2)cc1. The van der Waals surface area contributed by atoms with Gasteiger partial charge in [0.05, 0.1) is 0 Å². The van der Waals surface area contributed by atoms with Crippen molar-refractivity contribution in [3.05, 3.63) is 65.7 Å². The van der Waals surface area contributed by atoms with Gasteiger partial charge in [0.15, 0.2) is 6.29 Å². The Balaban J connectivity index is 2.01. The minimum absolute atomic E-state index is 0.0762. The molecule has 0 aliphatic rings. The molecule has 0 aliphatic heterocycles. The van der Waals surface area contributed by atoms with Gasteiger partial charge < -0.3 is 14.9 Å². The van der Waals surface area contributed by atoms with E-state index < -0.39 is 5.79 Å². The van der Waals surface area contributed by atoms with Crippen molar-refractivity contribution in [2.24, 2.45) is 0 Å². The summed E-state index contributed by atoms with van der Waals surface area (Å²) in [5.74, 6) is -1.85. The number of aliphatic hydroxyl groups is 2. The first-order valence-electron chi connectivity index (χ1n) is 5.80. The molecule has 2 aromatic carbocycles. The number of aldehydes is 1. The van der Waals surface area contributed by atoms with E-state index in [1.165, 1.54) is 12.1 Å². The van der Waals surface area contributed by atoms with E-state index in [4.69, 9.17) is 4.74 Å². The van der Waals surface area contributed by atoms with E-state index in [0.29, 0.717) is 12.4 Å². The summed E-state index contributed by atoms with van der Waals surface area (Å²) in [4.78, 5) is 10.5. The lowest BCUT2D eigenvalue weighted by atomic mass is 10.1. The molecule has 0 fully saturated rings. The molecule has 98 valence electrons. The van der Waals surface area contributed by atoms with Gasteiger partial charge in [-0.3, -0.25) is 4.79 Å². The first kappa shape index (κ1) is 13.3. The number of hydrogen-bond acceptors (Lipinski definition) is 4. The minimum atomic E-state index is -2.45. The van der Waals surface area contributed by atoms with Crippen LogP contribution in [0.1, 0.15) is 11.1 Å². The number of ether oxygens (including phenoxy) is 1. The topological polar surface area (TPSA) is 66.8 Å². The zero-order valence-corrected chi connectivity index (χ0v) is 10.2. The van der Waals surface area contributed by atoms with Gasteiger partial charge in [-0.2, -0.15) is 0 Å². The van der Waals surface area contributed by atoms with Crippen LogP contribution in [-0.4, -0.2) is 16.5 Å². The number of carbonyl (C=O) groups is 1. The zero-order valence-electron chi connectivity index (χ0n) is 10.2. The van der Waals surface area contributed by atoms with E-state index in [9.17, 15) is 15.0 Å². The quantitative estimate of drug-likeness (QED) is 0.631. The Morgan fingerprint density at radius 1 is 1.00 bits per heavy atom. The van der Waals surface area contributed by atoms with Gasteiger partial charge in [-0.1, -0.05) is 30.3 Å². The molecule has 0 radical (unpaired) electrons. The van der Waals surface area contributed by atoms with Crippen LogP contribution < -0.4 is 4.74 Å². The molecule has 0 unspecified atom stereocenters. The number of rotatable bonds is 5. The Hall–Kier alpha value is -2.17. The lowest BCUT2D eigenvalue weighted by Gasteiger charge is -2.15. The van der Waals surface area contributed by atoms with Crippen LogP contribution in [0, 0.1) is 0 Å². The highest BCUT2D eigenvalue weighted by molar-refractivity contribution is 5.63. The molecule has 0 heterocycles. The van der Waals surface area contributed by atoms with E-state index in [-0.39, 0.29) is 11.8 Å². The largest absolute Gasteiger partial charge is 0.489 e. The van der Waals surface area contributed by atoms with Crippen molar-refractivity contribution in [1.29, 1.82) is 0 Å². The maximum absolute atomic E-state index is 10.5. The van der Waals surface area contributed by atoms with E-state index in [0.717, 1.165) is 5.56 Å². The van der Waals surface area contributed by atoms with Crippen LogP contribution >= 0.6 is 0 Å². The van der Waals surface area contributed by atoms with Gasteiger partial charge in [0.1, 0.15) is 12.4 Å². The molecule has 0 aliphatic carbocycles. The van der Waals surface area contributed by atoms with Crippen molar-refractivity contribution in [1.82, 2.24) is 0 Å². The average molecular weight is 258 g/mol. The Bertz CT molecular complexity index is 532. The van der Waals surface area contributed by atoms with E-state index in [1.807, 2.05) is 30.3 Å². The fraction of sp³-hybridized carbons (Fsp3) is 0.133. The Morgan fingerprint density at radius 3 is 2.21 bits per heavy atom. The van der Waals surface area contributed by atoms with Gasteiger partial charge in [-0.05, 0) is 29.8 Å². The van der Waals surface area contributed by atoms with Gasteiger partial charge in [0, 0.05) is 5.56 Å². The van der Waals surface area contributed by atoms with Crippen LogP contribution in [-0.2, 0) is 17.2 Å². The molecule has 4 heteroatoms. The molecule has 0 aromatic heterocycles. The van der Waals surface area contributed by atoms with Crippen molar-refractivity contribution in [2.75, 3.05) is 0 Å². The normalized spacial score (nSPS) is 11.1. The summed E-state index contributed by atoms with van der Waals surface area (Å²) in [5.41, 5.74) is 1.15. The lowest BCUT2D eigenvalue weighted by molar-refractivity contribution is -0.173.